The maximum Gasteiger partial charge on any atom is 0.227 e. The molecule has 4 rings (SSSR count). The van der Waals surface area contributed by atoms with Gasteiger partial charge in [0.25, 0.3) is 0 Å². The van der Waals surface area contributed by atoms with E-state index in [1.807, 2.05) is 21.7 Å². The SMILES string of the molecule is O=C(Cc1ccsc1)N1CCC[C@H](Cc2nc(-c3ccccc3F)no2)C1. The van der Waals surface area contributed by atoms with E-state index in [1.165, 1.54) is 6.07 Å². The molecule has 2 aromatic heterocycles. The van der Waals surface area contributed by atoms with Crippen LogP contribution in [0.5, 0.6) is 0 Å². The summed E-state index contributed by atoms with van der Waals surface area (Å²) < 4.78 is 19.2. The predicted molar refractivity (Wildman–Crippen MR) is 101 cm³/mol. The van der Waals surface area contributed by atoms with Crippen molar-refractivity contribution in [2.75, 3.05) is 13.1 Å². The van der Waals surface area contributed by atoms with Gasteiger partial charge in [0.05, 0.1) is 12.0 Å². The van der Waals surface area contributed by atoms with Gasteiger partial charge < -0.3 is 9.42 Å². The standard InChI is InChI=1S/C20H20FN3O2S/c21-17-6-2-1-5-16(17)20-22-18(26-23-20)10-14-4-3-8-24(12-14)19(25)11-15-7-9-27-13-15/h1-2,5-7,9,13-14H,3-4,8,10-12H2/t14-/m1/s1. The summed E-state index contributed by atoms with van der Waals surface area (Å²) in [7, 11) is 0. The Morgan fingerprint density at radius 1 is 1.33 bits per heavy atom. The van der Waals surface area contributed by atoms with Crippen molar-refractivity contribution in [2.45, 2.75) is 25.7 Å². The third-order valence-electron chi connectivity index (χ3n) is 4.85. The monoisotopic (exact) mass is 385 g/mol. The van der Waals surface area contributed by atoms with Gasteiger partial charge in [-0.3, -0.25) is 4.79 Å². The summed E-state index contributed by atoms with van der Waals surface area (Å²) in [5, 5.41) is 7.92. The van der Waals surface area contributed by atoms with Crippen LogP contribution in [-0.4, -0.2) is 34.0 Å². The van der Waals surface area contributed by atoms with Crippen LogP contribution in [0.1, 0.15) is 24.3 Å². The average molecular weight is 385 g/mol. The second-order valence-electron chi connectivity index (χ2n) is 6.85. The zero-order chi connectivity index (χ0) is 18.6. The minimum absolute atomic E-state index is 0.163. The molecule has 0 N–H and O–H groups in total. The number of amides is 1. The summed E-state index contributed by atoms with van der Waals surface area (Å²) in [6.45, 7) is 1.49. The van der Waals surface area contributed by atoms with Gasteiger partial charge in [-0.1, -0.05) is 17.3 Å². The Labute approximate surface area is 160 Å². The Morgan fingerprint density at radius 3 is 3.04 bits per heavy atom. The van der Waals surface area contributed by atoms with Crippen LogP contribution in [0, 0.1) is 11.7 Å². The summed E-state index contributed by atoms with van der Waals surface area (Å²) in [5.41, 5.74) is 1.40. The summed E-state index contributed by atoms with van der Waals surface area (Å²) in [6.07, 6.45) is 3.03. The molecule has 1 aliphatic rings. The number of likely N-dealkylation sites (tertiary alicyclic amines) is 1. The first kappa shape index (κ1) is 17.9. The number of hydrogen-bond acceptors (Lipinski definition) is 5. The van der Waals surface area contributed by atoms with Crippen molar-refractivity contribution in [1.29, 1.82) is 0 Å². The van der Waals surface area contributed by atoms with Gasteiger partial charge in [-0.25, -0.2) is 4.39 Å². The zero-order valence-corrected chi connectivity index (χ0v) is 15.6. The molecule has 0 bridgehead atoms. The smallest absolute Gasteiger partial charge is 0.227 e. The van der Waals surface area contributed by atoms with E-state index in [1.54, 1.807) is 29.5 Å². The highest BCUT2D eigenvalue weighted by Crippen LogP contribution is 2.24. The molecule has 0 radical (unpaired) electrons. The third kappa shape index (κ3) is 4.24. The Bertz CT molecular complexity index is 910. The van der Waals surface area contributed by atoms with Crippen LogP contribution in [0.2, 0.25) is 0 Å². The summed E-state index contributed by atoms with van der Waals surface area (Å²) >= 11 is 1.61. The van der Waals surface area contributed by atoms with E-state index in [-0.39, 0.29) is 23.5 Å². The largest absolute Gasteiger partial charge is 0.342 e. The Kier molecular flexibility index (Phi) is 5.29. The number of hydrogen-bond donors (Lipinski definition) is 0. The second-order valence-corrected chi connectivity index (χ2v) is 7.63. The first-order valence-electron chi connectivity index (χ1n) is 9.05. The lowest BCUT2D eigenvalue weighted by Gasteiger charge is -2.32. The van der Waals surface area contributed by atoms with Crippen LogP contribution < -0.4 is 0 Å². The van der Waals surface area contributed by atoms with Crippen LogP contribution in [0.25, 0.3) is 11.4 Å². The maximum absolute atomic E-state index is 13.9. The van der Waals surface area contributed by atoms with E-state index in [0.717, 1.165) is 24.9 Å². The Balaban J connectivity index is 1.38. The van der Waals surface area contributed by atoms with E-state index in [0.29, 0.717) is 30.8 Å². The van der Waals surface area contributed by atoms with Crippen molar-refractivity contribution in [3.8, 4) is 11.4 Å². The lowest BCUT2D eigenvalue weighted by atomic mass is 9.94. The van der Waals surface area contributed by atoms with Crippen molar-refractivity contribution in [2.24, 2.45) is 5.92 Å². The predicted octanol–water partition coefficient (Wildman–Crippen LogP) is 3.96. The van der Waals surface area contributed by atoms with Crippen LogP contribution in [0.15, 0.2) is 45.6 Å². The highest BCUT2D eigenvalue weighted by Gasteiger charge is 2.25. The number of rotatable bonds is 5. The molecule has 5 nitrogen and oxygen atoms in total. The normalized spacial score (nSPS) is 17.2. The van der Waals surface area contributed by atoms with Crippen LogP contribution in [0.3, 0.4) is 0 Å². The molecule has 0 aliphatic carbocycles. The Hall–Kier alpha value is -2.54. The van der Waals surface area contributed by atoms with E-state index in [4.69, 9.17) is 4.52 Å². The first-order valence-corrected chi connectivity index (χ1v) is 9.99. The maximum atomic E-state index is 13.9. The molecule has 1 saturated heterocycles. The molecule has 27 heavy (non-hydrogen) atoms. The summed E-state index contributed by atoms with van der Waals surface area (Å²) in [6, 6.07) is 8.38. The van der Waals surface area contributed by atoms with E-state index < -0.39 is 0 Å². The van der Waals surface area contributed by atoms with Gasteiger partial charge in [-0.15, -0.1) is 0 Å². The van der Waals surface area contributed by atoms with Crippen molar-refractivity contribution in [3.63, 3.8) is 0 Å². The molecular weight excluding hydrogens is 365 g/mol. The molecule has 1 aliphatic heterocycles. The third-order valence-corrected chi connectivity index (χ3v) is 5.59. The molecule has 0 saturated carbocycles. The van der Waals surface area contributed by atoms with Crippen molar-refractivity contribution in [1.82, 2.24) is 15.0 Å². The zero-order valence-electron chi connectivity index (χ0n) is 14.8. The highest BCUT2D eigenvalue weighted by molar-refractivity contribution is 7.08. The van der Waals surface area contributed by atoms with Gasteiger partial charge in [-0.2, -0.15) is 16.3 Å². The molecule has 3 heterocycles. The fourth-order valence-electron chi connectivity index (χ4n) is 3.47. The fourth-order valence-corrected chi connectivity index (χ4v) is 4.14. The van der Waals surface area contributed by atoms with Crippen molar-refractivity contribution in [3.05, 3.63) is 58.4 Å². The number of carbonyl (C=O) groups is 1. The minimum Gasteiger partial charge on any atom is -0.342 e. The molecule has 1 fully saturated rings. The van der Waals surface area contributed by atoms with Gasteiger partial charge in [0, 0.05) is 19.5 Å². The van der Waals surface area contributed by atoms with E-state index in [9.17, 15) is 9.18 Å². The lowest BCUT2D eigenvalue weighted by Crippen LogP contribution is -2.41. The van der Waals surface area contributed by atoms with Gasteiger partial charge in [0.15, 0.2) is 0 Å². The quantitative estimate of drug-likeness (QED) is 0.667. The van der Waals surface area contributed by atoms with Gasteiger partial charge in [0.1, 0.15) is 5.82 Å². The van der Waals surface area contributed by atoms with Gasteiger partial charge in [-0.05, 0) is 53.3 Å². The van der Waals surface area contributed by atoms with Crippen LogP contribution in [-0.2, 0) is 17.6 Å². The number of benzene rings is 1. The number of nitrogens with zero attached hydrogens (tertiary/aromatic N) is 3. The average Bonchev–Trinajstić information content (AvgIpc) is 3.34. The number of piperidine rings is 1. The van der Waals surface area contributed by atoms with E-state index >= 15 is 0 Å². The fraction of sp³-hybridized carbons (Fsp3) is 0.350. The number of carbonyl (C=O) groups excluding carboxylic acids is 1. The van der Waals surface area contributed by atoms with Crippen molar-refractivity contribution >= 4 is 17.2 Å². The second kappa shape index (κ2) is 8.00. The number of halogens is 1. The molecule has 1 aromatic carbocycles. The first-order chi connectivity index (χ1) is 13.2. The lowest BCUT2D eigenvalue weighted by molar-refractivity contribution is -0.132. The molecule has 0 spiro atoms. The van der Waals surface area contributed by atoms with Gasteiger partial charge >= 0.3 is 0 Å². The van der Waals surface area contributed by atoms with Crippen molar-refractivity contribution < 1.29 is 13.7 Å². The molecule has 1 atom stereocenters. The van der Waals surface area contributed by atoms with Crippen LogP contribution in [0.4, 0.5) is 4.39 Å². The summed E-state index contributed by atoms with van der Waals surface area (Å²) in [5.74, 6) is 0.831. The topological polar surface area (TPSA) is 59.2 Å². The number of thiophene rings is 1. The molecule has 1 amide bonds. The highest BCUT2D eigenvalue weighted by atomic mass is 32.1. The molecule has 7 heteroatoms. The summed E-state index contributed by atoms with van der Waals surface area (Å²) in [4.78, 5) is 18.8. The minimum atomic E-state index is -0.368. The van der Waals surface area contributed by atoms with Gasteiger partial charge in [0.2, 0.25) is 17.6 Å². The molecule has 3 aromatic rings. The molecule has 0 unspecified atom stereocenters. The molecule has 140 valence electrons. The number of aromatic nitrogens is 2. The van der Waals surface area contributed by atoms with Crippen LogP contribution >= 0.6 is 11.3 Å². The van der Waals surface area contributed by atoms with E-state index in [2.05, 4.69) is 10.1 Å². The Morgan fingerprint density at radius 2 is 2.22 bits per heavy atom. The molecular formula is C20H20FN3O2S.